The Labute approximate surface area is 117 Å². The van der Waals surface area contributed by atoms with E-state index in [-0.39, 0.29) is 17.0 Å². The van der Waals surface area contributed by atoms with Gasteiger partial charge in [-0.05, 0) is 12.1 Å². The van der Waals surface area contributed by atoms with Crippen LogP contribution in [0.2, 0.25) is 0 Å². The van der Waals surface area contributed by atoms with Crippen molar-refractivity contribution in [3.05, 3.63) is 23.8 Å². The number of carbonyl (C=O) groups is 3. The van der Waals surface area contributed by atoms with Gasteiger partial charge in [-0.25, -0.2) is 9.59 Å². The van der Waals surface area contributed by atoms with E-state index in [4.69, 9.17) is 37.0 Å². The molecule has 2 unspecified atom stereocenters. The second-order valence-corrected chi connectivity index (χ2v) is 3.67. The molecule has 0 saturated carbocycles. The maximum absolute atomic E-state index is 10.6. The van der Waals surface area contributed by atoms with Gasteiger partial charge in [0.2, 0.25) is 0 Å². The van der Waals surface area contributed by atoms with E-state index in [1.54, 1.807) is 6.07 Å². The number of aliphatic hydroxyl groups is 2. The lowest BCUT2D eigenvalue weighted by Gasteiger charge is -2.07. The normalized spacial score (nSPS) is 12.5. The van der Waals surface area contributed by atoms with Crippen molar-refractivity contribution in [1.82, 2.24) is 0 Å². The summed E-state index contributed by atoms with van der Waals surface area (Å²) < 4.78 is 0. The first-order valence-electron chi connectivity index (χ1n) is 5.28. The van der Waals surface area contributed by atoms with E-state index in [1.807, 2.05) is 0 Å². The Morgan fingerprint density at radius 3 is 1.71 bits per heavy atom. The predicted octanol–water partition coefficient (Wildman–Crippen LogP) is -2.05. The maximum Gasteiger partial charge on any atom is 0.335 e. The molecule has 1 aromatic rings. The van der Waals surface area contributed by atoms with Crippen molar-refractivity contribution in [3.63, 3.8) is 0 Å². The smallest absolute Gasteiger partial charge is 0.335 e. The first-order chi connectivity index (χ1) is 9.59. The summed E-state index contributed by atoms with van der Waals surface area (Å²) in [6.45, 7) is 0. The molecular formula is C11H14N2O8. The predicted molar refractivity (Wildman–Crippen MR) is 68.3 cm³/mol. The number of primary amides is 1. The van der Waals surface area contributed by atoms with Crippen molar-refractivity contribution in [2.75, 3.05) is 5.73 Å². The Morgan fingerprint density at radius 2 is 1.43 bits per heavy atom. The van der Waals surface area contributed by atoms with Crippen LogP contribution in [0.3, 0.4) is 0 Å². The molecule has 0 aliphatic carbocycles. The number of nitrogens with two attached hydrogens (primary N) is 2. The van der Waals surface area contributed by atoms with Crippen molar-refractivity contribution in [1.29, 1.82) is 0 Å². The number of hydrogen-bond donors (Lipinski definition) is 7. The Hall–Kier alpha value is -2.85. The van der Waals surface area contributed by atoms with Crippen LogP contribution in [0.4, 0.5) is 5.69 Å². The molecule has 1 aromatic carbocycles. The summed E-state index contributed by atoms with van der Waals surface area (Å²) in [5.74, 6) is -4.47. The monoisotopic (exact) mass is 302 g/mol. The molecule has 0 aliphatic heterocycles. The third-order valence-corrected chi connectivity index (χ3v) is 2.14. The number of carbonyl (C=O) groups excluding carboxylic acids is 1. The SMILES string of the molecule is NC(=O)c1cccc(N)c1O.O=C(O)C(O)C(O)C(=O)O. The number of anilines is 1. The van der Waals surface area contributed by atoms with E-state index in [0.717, 1.165) is 0 Å². The molecule has 0 heterocycles. The van der Waals surface area contributed by atoms with Crippen molar-refractivity contribution in [3.8, 4) is 5.75 Å². The van der Waals surface area contributed by atoms with Crippen LogP contribution in [0.1, 0.15) is 10.4 Å². The maximum atomic E-state index is 10.6. The van der Waals surface area contributed by atoms with Crippen LogP contribution in [-0.4, -0.2) is 55.6 Å². The molecule has 0 bridgehead atoms. The molecule has 21 heavy (non-hydrogen) atoms. The minimum atomic E-state index is -2.27. The molecule has 2 atom stereocenters. The summed E-state index contributed by atoms with van der Waals surface area (Å²) in [4.78, 5) is 30.1. The molecule has 116 valence electrons. The van der Waals surface area contributed by atoms with E-state index in [2.05, 4.69) is 0 Å². The van der Waals surface area contributed by atoms with Crippen molar-refractivity contribution in [2.24, 2.45) is 5.73 Å². The van der Waals surface area contributed by atoms with Gasteiger partial charge >= 0.3 is 11.9 Å². The average Bonchev–Trinajstić information content (AvgIpc) is 2.40. The fourth-order valence-corrected chi connectivity index (χ4v) is 1.03. The number of amides is 1. The quantitative estimate of drug-likeness (QED) is 0.241. The summed E-state index contributed by atoms with van der Waals surface area (Å²) in [5.41, 5.74) is 10.4. The molecule has 0 aliphatic rings. The van der Waals surface area contributed by atoms with Crippen LogP contribution < -0.4 is 11.5 Å². The van der Waals surface area contributed by atoms with Crippen LogP contribution in [0.25, 0.3) is 0 Å². The van der Waals surface area contributed by atoms with Gasteiger partial charge in [-0.15, -0.1) is 0 Å². The van der Waals surface area contributed by atoms with Crippen LogP contribution >= 0.6 is 0 Å². The summed E-state index contributed by atoms with van der Waals surface area (Å²) in [6.07, 6.45) is -4.53. The average molecular weight is 302 g/mol. The zero-order chi connectivity index (χ0) is 16.7. The fraction of sp³-hybridized carbons (Fsp3) is 0.182. The highest BCUT2D eigenvalue weighted by atomic mass is 16.4. The topological polar surface area (TPSA) is 204 Å². The zero-order valence-corrected chi connectivity index (χ0v) is 10.5. The third kappa shape index (κ3) is 5.34. The van der Waals surface area contributed by atoms with Gasteiger partial charge in [0.15, 0.2) is 18.0 Å². The zero-order valence-electron chi connectivity index (χ0n) is 10.5. The van der Waals surface area contributed by atoms with Gasteiger partial charge in [-0.2, -0.15) is 0 Å². The van der Waals surface area contributed by atoms with Crippen molar-refractivity contribution < 1.29 is 39.9 Å². The number of benzene rings is 1. The van der Waals surface area contributed by atoms with Gasteiger partial charge in [-0.3, -0.25) is 4.79 Å². The van der Waals surface area contributed by atoms with Crippen LogP contribution in [0.5, 0.6) is 5.75 Å². The molecule has 1 rings (SSSR count). The second kappa shape index (κ2) is 7.67. The molecule has 0 aromatic heterocycles. The number of rotatable bonds is 4. The first-order valence-corrected chi connectivity index (χ1v) is 5.28. The number of aromatic hydroxyl groups is 1. The lowest BCUT2D eigenvalue weighted by Crippen LogP contribution is -2.39. The standard InChI is InChI=1S/C7H8N2O2.C4H6O6/c8-5-3-1-2-4(6(5)10)7(9)11;5-1(3(7)8)2(6)4(9)10/h1-3,10H,8H2,(H2,9,11);1-2,5-6H,(H,7,8)(H,9,10). The molecule has 0 fully saturated rings. The minimum absolute atomic E-state index is 0.0463. The van der Waals surface area contributed by atoms with Gasteiger partial charge in [0.1, 0.15) is 0 Å². The van der Waals surface area contributed by atoms with Gasteiger partial charge in [-0.1, -0.05) is 6.07 Å². The Morgan fingerprint density at radius 1 is 1.00 bits per heavy atom. The van der Waals surface area contributed by atoms with Crippen molar-refractivity contribution >= 4 is 23.5 Å². The molecule has 0 radical (unpaired) electrons. The summed E-state index contributed by atoms with van der Waals surface area (Å²) in [6, 6.07) is 4.45. The highest BCUT2D eigenvalue weighted by Gasteiger charge is 2.29. The molecule has 10 nitrogen and oxygen atoms in total. The molecule has 10 heteroatoms. The molecule has 0 saturated heterocycles. The number of aliphatic hydroxyl groups excluding tert-OH is 2. The highest BCUT2D eigenvalue weighted by molar-refractivity contribution is 5.97. The summed E-state index contributed by atoms with van der Waals surface area (Å²) in [7, 11) is 0. The Bertz CT molecular complexity index is 527. The van der Waals surface area contributed by atoms with Gasteiger partial charge in [0.05, 0.1) is 11.3 Å². The highest BCUT2D eigenvalue weighted by Crippen LogP contribution is 2.23. The molecule has 0 spiro atoms. The van der Waals surface area contributed by atoms with Crippen LogP contribution in [0, 0.1) is 0 Å². The van der Waals surface area contributed by atoms with Gasteiger partial charge in [0.25, 0.3) is 5.91 Å². The van der Waals surface area contributed by atoms with Gasteiger partial charge < -0.3 is 37.0 Å². The van der Waals surface area contributed by atoms with E-state index < -0.39 is 30.1 Å². The van der Waals surface area contributed by atoms with Gasteiger partial charge in [0, 0.05) is 0 Å². The van der Waals surface area contributed by atoms with Crippen LogP contribution in [-0.2, 0) is 9.59 Å². The van der Waals surface area contributed by atoms with E-state index in [0.29, 0.717) is 0 Å². The number of carboxylic acids is 2. The number of para-hydroxylation sites is 1. The van der Waals surface area contributed by atoms with Crippen molar-refractivity contribution in [2.45, 2.75) is 12.2 Å². The fourth-order valence-electron chi connectivity index (χ4n) is 1.03. The molecule has 9 N–H and O–H groups in total. The summed E-state index contributed by atoms with van der Waals surface area (Å²) >= 11 is 0. The molecule has 1 amide bonds. The van der Waals surface area contributed by atoms with Crippen LogP contribution in [0.15, 0.2) is 18.2 Å². The number of carboxylic acid groups (broad SMARTS) is 2. The van der Waals surface area contributed by atoms with E-state index in [9.17, 15) is 14.4 Å². The molecular weight excluding hydrogens is 288 g/mol. The first kappa shape index (κ1) is 18.1. The van der Waals surface area contributed by atoms with E-state index in [1.165, 1.54) is 12.1 Å². The number of nitrogen functional groups attached to an aromatic ring is 1. The lowest BCUT2D eigenvalue weighted by molar-refractivity contribution is -0.165. The summed E-state index contributed by atoms with van der Waals surface area (Å²) in [5, 5.41) is 41.7. The number of hydrogen-bond acceptors (Lipinski definition) is 7. The second-order valence-electron chi connectivity index (χ2n) is 3.67. The third-order valence-electron chi connectivity index (χ3n) is 2.14. The number of phenols is 1. The lowest BCUT2D eigenvalue weighted by atomic mass is 10.1. The largest absolute Gasteiger partial charge is 0.505 e. The van der Waals surface area contributed by atoms with E-state index >= 15 is 0 Å². The number of aliphatic carboxylic acids is 2. The minimum Gasteiger partial charge on any atom is -0.505 e. The Kier molecular flexibility index (Phi) is 6.63. The Balaban J connectivity index is 0.000000384.